The van der Waals surface area contributed by atoms with E-state index in [1.807, 2.05) is 0 Å². The third-order valence-corrected chi connectivity index (χ3v) is 8.93. The van der Waals surface area contributed by atoms with E-state index in [4.69, 9.17) is 0 Å². The molecule has 0 spiro atoms. The number of hydrogen-bond acceptors (Lipinski definition) is 4. The largest absolute Gasteiger partial charge is 0.309 e. The molecule has 0 unspecified atom stereocenters. The Balaban J connectivity index is -0.000000190. The summed E-state index contributed by atoms with van der Waals surface area (Å²) in [6.07, 6.45) is 8.26. The fraction of sp³-hybridized carbons (Fsp3) is 0.887. The zero-order valence-electron chi connectivity index (χ0n) is 42.7. The van der Waals surface area contributed by atoms with Gasteiger partial charge in [-0.05, 0) is 130 Å². The van der Waals surface area contributed by atoms with Crippen LogP contribution >= 0.6 is 0 Å². The van der Waals surface area contributed by atoms with E-state index in [1.165, 1.54) is 76.9 Å². The monoisotopic (exact) mass is 807 g/mol. The average molecular weight is 808 g/mol. The predicted octanol–water partition coefficient (Wildman–Crippen LogP) is 15.1. The number of benzene rings is 1. The maximum atomic E-state index is 2.60. The highest BCUT2D eigenvalue weighted by atomic mass is 15.1. The van der Waals surface area contributed by atoms with Crippen LogP contribution in [0.2, 0.25) is 0 Å². The number of piperidine rings is 1. The van der Waals surface area contributed by atoms with Crippen molar-refractivity contribution in [3.8, 4) is 0 Å². The standard InChI is InChI=1S/C11H16.C10H21N.C9H19N.2C7H17N.C7H16.2CH4/c1-11(2,3)9-10-7-5-4-6-8-10;1-10(2,3)9-11-7-5-4-6-8-11;1-9(2,3)8-10-6-4-5-7-10;2*1-7(2,3)6-8(4)5;1-6(2)7(3,4)5;;/h4-8H,9H2,1-3H3;4-9H2,1-3H3;4-8H2,1-3H3;2*6H2,1-5H3;6H,1-5H3;2*1H4. The van der Waals surface area contributed by atoms with Crippen molar-refractivity contribution >= 4 is 0 Å². The van der Waals surface area contributed by atoms with E-state index in [9.17, 15) is 0 Å². The molecule has 2 aliphatic rings. The molecular weight excluding hydrogens is 693 g/mol. The van der Waals surface area contributed by atoms with E-state index >= 15 is 0 Å². The molecule has 0 radical (unpaired) electrons. The van der Waals surface area contributed by atoms with E-state index in [2.05, 4.69) is 217 Å². The van der Waals surface area contributed by atoms with E-state index in [-0.39, 0.29) is 14.9 Å². The van der Waals surface area contributed by atoms with Crippen LogP contribution in [-0.2, 0) is 6.42 Å². The Kier molecular flexibility index (Phi) is 35.4. The molecular formula is C53H114N4. The van der Waals surface area contributed by atoms with Gasteiger partial charge in [-0.1, -0.05) is 190 Å². The van der Waals surface area contributed by atoms with Crippen molar-refractivity contribution in [1.29, 1.82) is 0 Å². The Morgan fingerprint density at radius 2 is 0.737 bits per heavy atom. The van der Waals surface area contributed by atoms with Crippen LogP contribution in [0.25, 0.3) is 0 Å². The Bertz CT molecular complexity index is 967. The van der Waals surface area contributed by atoms with Gasteiger partial charge in [0, 0.05) is 26.2 Å². The van der Waals surface area contributed by atoms with Gasteiger partial charge in [0.1, 0.15) is 0 Å². The molecule has 3 rings (SSSR count). The highest BCUT2D eigenvalue weighted by Crippen LogP contribution is 2.24. The summed E-state index contributed by atoms with van der Waals surface area (Å²) in [4.78, 5) is 9.59. The molecule has 4 heteroatoms. The second-order valence-electron chi connectivity index (χ2n) is 24.8. The maximum absolute atomic E-state index is 2.60. The minimum atomic E-state index is 0. The lowest BCUT2D eigenvalue weighted by atomic mass is 9.84. The average Bonchev–Trinajstić information content (AvgIpc) is 3.42. The summed E-state index contributed by atoms with van der Waals surface area (Å²) in [6, 6.07) is 10.6. The lowest BCUT2D eigenvalue weighted by Gasteiger charge is -2.32. The molecule has 4 nitrogen and oxygen atoms in total. The Hall–Kier alpha value is -0.940. The van der Waals surface area contributed by atoms with Gasteiger partial charge >= 0.3 is 0 Å². The van der Waals surface area contributed by atoms with Crippen LogP contribution in [0.15, 0.2) is 30.3 Å². The molecule has 57 heavy (non-hydrogen) atoms. The molecule has 2 fully saturated rings. The van der Waals surface area contributed by atoms with Gasteiger partial charge in [-0.15, -0.1) is 0 Å². The molecule has 1 aromatic carbocycles. The first-order valence-electron chi connectivity index (χ1n) is 22.3. The molecule has 0 amide bonds. The van der Waals surface area contributed by atoms with Crippen molar-refractivity contribution in [1.82, 2.24) is 19.6 Å². The highest BCUT2D eigenvalue weighted by molar-refractivity contribution is 5.15. The Morgan fingerprint density at radius 1 is 0.456 bits per heavy atom. The topological polar surface area (TPSA) is 13.0 Å². The summed E-state index contributed by atoms with van der Waals surface area (Å²) in [6.45, 7) is 55.6. The summed E-state index contributed by atoms with van der Waals surface area (Å²) in [5.41, 5.74) is 4.20. The lowest BCUT2D eigenvalue weighted by molar-refractivity contribution is 0.164. The molecule has 0 aromatic heterocycles. The van der Waals surface area contributed by atoms with Gasteiger partial charge in [-0.25, -0.2) is 0 Å². The number of rotatable bonds is 5. The SMILES string of the molecule is C.C.CC(C)(C)CN1CCCC1.CC(C)(C)CN1CCCCC1.CC(C)(C)Cc1ccccc1.CC(C)C(C)(C)C.CN(C)CC(C)(C)C.CN(C)CC(C)(C)C. The van der Waals surface area contributed by atoms with Crippen molar-refractivity contribution < 1.29 is 0 Å². The summed E-state index contributed by atoms with van der Waals surface area (Å²) in [5, 5.41) is 0. The first kappa shape index (κ1) is 65.2. The fourth-order valence-electron chi connectivity index (χ4n) is 6.51. The van der Waals surface area contributed by atoms with Crippen LogP contribution in [0.5, 0.6) is 0 Å². The van der Waals surface area contributed by atoms with Gasteiger partial charge in [-0.2, -0.15) is 0 Å². The van der Waals surface area contributed by atoms with Crippen LogP contribution in [-0.4, -0.2) is 100 Å². The smallest absolute Gasteiger partial charge is 0.00300 e. The first-order valence-corrected chi connectivity index (χ1v) is 22.3. The third kappa shape index (κ3) is 55.1. The summed E-state index contributed by atoms with van der Waals surface area (Å²) in [5.74, 6) is 0.799. The highest BCUT2D eigenvalue weighted by Gasteiger charge is 2.19. The normalized spacial score (nSPS) is 15.5. The Morgan fingerprint density at radius 3 is 0.930 bits per heavy atom. The van der Waals surface area contributed by atoms with Crippen molar-refractivity contribution in [2.75, 3.05) is 80.5 Å². The third-order valence-electron chi connectivity index (χ3n) is 8.93. The number of hydrogen-bond donors (Lipinski definition) is 0. The lowest BCUT2D eigenvalue weighted by Crippen LogP contribution is -2.36. The minimum Gasteiger partial charge on any atom is -0.309 e. The van der Waals surface area contributed by atoms with Crippen LogP contribution in [0.4, 0.5) is 0 Å². The first-order chi connectivity index (χ1) is 24.5. The van der Waals surface area contributed by atoms with Gasteiger partial charge < -0.3 is 19.6 Å². The van der Waals surface area contributed by atoms with Gasteiger partial charge in [-0.3, -0.25) is 0 Å². The van der Waals surface area contributed by atoms with Crippen LogP contribution in [0, 0.1) is 38.4 Å². The molecule has 0 N–H and O–H groups in total. The zero-order valence-corrected chi connectivity index (χ0v) is 42.7. The van der Waals surface area contributed by atoms with Crippen molar-refractivity contribution in [3.63, 3.8) is 0 Å². The number of likely N-dealkylation sites (tertiary alicyclic amines) is 2. The molecule has 346 valence electrons. The van der Waals surface area contributed by atoms with E-state index in [0.717, 1.165) is 25.4 Å². The summed E-state index contributed by atoms with van der Waals surface area (Å²) >= 11 is 0. The van der Waals surface area contributed by atoms with Gasteiger partial charge in [0.2, 0.25) is 0 Å². The van der Waals surface area contributed by atoms with Crippen LogP contribution < -0.4 is 0 Å². The molecule has 1 aromatic rings. The molecule has 0 saturated carbocycles. The van der Waals surface area contributed by atoms with Gasteiger partial charge in [0.15, 0.2) is 0 Å². The molecule has 2 heterocycles. The van der Waals surface area contributed by atoms with Crippen molar-refractivity contribution in [2.45, 2.75) is 192 Å². The molecule has 0 atom stereocenters. The zero-order chi connectivity index (χ0) is 43.9. The number of nitrogens with zero attached hydrogens (tertiary/aromatic N) is 4. The predicted molar refractivity (Wildman–Crippen MR) is 268 cm³/mol. The summed E-state index contributed by atoms with van der Waals surface area (Å²) in [7, 11) is 8.41. The molecule has 0 bridgehead atoms. The molecule has 2 saturated heterocycles. The van der Waals surface area contributed by atoms with E-state index < -0.39 is 0 Å². The molecule has 2 aliphatic heterocycles. The second-order valence-corrected chi connectivity index (χ2v) is 24.8. The van der Waals surface area contributed by atoms with Crippen LogP contribution in [0.1, 0.15) is 191 Å². The van der Waals surface area contributed by atoms with E-state index in [0.29, 0.717) is 32.5 Å². The summed E-state index contributed by atoms with van der Waals surface area (Å²) < 4.78 is 0. The van der Waals surface area contributed by atoms with Crippen LogP contribution in [0.3, 0.4) is 0 Å². The van der Waals surface area contributed by atoms with Crippen molar-refractivity contribution in [3.05, 3.63) is 35.9 Å². The maximum Gasteiger partial charge on any atom is 0.00300 e. The van der Waals surface area contributed by atoms with E-state index in [1.54, 1.807) is 0 Å². The van der Waals surface area contributed by atoms with Gasteiger partial charge in [0.25, 0.3) is 0 Å². The minimum absolute atomic E-state index is 0. The fourth-order valence-corrected chi connectivity index (χ4v) is 6.51. The van der Waals surface area contributed by atoms with Crippen molar-refractivity contribution in [2.24, 2.45) is 38.4 Å². The van der Waals surface area contributed by atoms with Gasteiger partial charge in [0.05, 0.1) is 0 Å². The molecule has 0 aliphatic carbocycles. The Labute approximate surface area is 365 Å². The quantitative estimate of drug-likeness (QED) is 0.294. The second kappa shape index (κ2) is 31.0.